The molecule has 0 spiro atoms. The number of rotatable bonds is 0. The van der Waals surface area contributed by atoms with Gasteiger partial charge in [-0.25, -0.2) is 12.2 Å². The Morgan fingerprint density at radius 1 is 1.15 bits per heavy atom. The largest absolute Gasteiger partial charge is 0.273 e. The molecule has 0 nitrogen and oxygen atoms in total. The monoisotopic (exact) mass is 247 g/mol. The van der Waals surface area contributed by atoms with Gasteiger partial charge >= 0.3 is 0 Å². The second-order valence-corrected chi connectivity index (χ2v) is 3.03. The van der Waals surface area contributed by atoms with Crippen LogP contribution in [0.5, 0.6) is 0 Å². The van der Waals surface area contributed by atoms with Crippen LogP contribution in [0.4, 0.5) is 0 Å². The first-order chi connectivity index (χ1) is 5.89. The van der Waals surface area contributed by atoms with Crippen LogP contribution >= 0.6 is 0 Å². The third kappa shape index (κ3) is 7.02. The number of allylic oxidation sites excluding steroid dienone is 7. The van der Waals surface area contributed by atoms with Gasteiger partial charge in [0.1, 0.15) is 0 Å². The molecule has 1 aliphatic heterocycles. The standard InChI is InChI=1S/C6H9B.C5H5.Zr/c1-7-5-3-2-4-6-7;1-2-4-5-3-1;/h2-5H,6H2,1H3;1-3H,4H2;/q;-1;. The van der Waals surface area contributed by atoms with E-state index in [4.69, 9.17) is 0 Å². The van der Waals surface area contributed by atoms with E-state index in [1.807, 2.05) is 12.2 Å². The first-order valence-electron chi connectivity index (χ1n) is 4.44. The van der Waals surface area contributed by atoms with Crippen molar-refractivity contribution in [1.82, 2.24) is 0 Å². The summed E-state index contributed by atoms with van der Waals surface area (Å²) >= 11 is 0. The molecule has 0 fully saturated rings. The Labute approximate surface area is 101 Å². The van der Waals surface area contributed by atoms with Crippen molar-refractivity contribution in [2.24, 2.45) is 0 Å². The second kappa shape index (κ2) is 8.50. The minimum absolute atomic E-state index is 0. The van der Waals surface area contributed by atoms with Crippen molar-refractivity contribution in [1.29, 1.82) is 0 Å². The van der Waals surface area contributed by atoms with Crippen LogP contribution in [0.25, 0.3) is 0 Å². The summed E-state index contributed by atoms with van der Waals surface area (Å²) in [5.41, 5.74) is 0. The molecule has 66 valence electrons. The molecule has 1 heterocycles. The maximum absolute atomic E-state index is 2.99. The average molecular weight is 248 g/mol. The van der Waals surface area contributed by atoms with Crippen molar-refractivity contribution < 1.29 is 26.2 Å². The van der Waals surface area contributed by atoms with Crippen LogP contribution in [0.1, 0.15) is 6.42 Å². The van der Waals surface area contributed by atoms with Gasteiger partial charge in [-0.05, 0) is 0 Å². The molecule has 0 bridgehead atoms. The quantitative estimate of drug-likeness (QED) is 0.456. The zero-order chi connectivity index (χ0) is 8.65. The fourth-order valence-corrected chi connectivity index (χ4v) is 1.04. The van der Waals surface area contributed by atoms with Gasteiger partial charge in [-0.15, -0.1) is 12.4 Å². The zero-order valence-electron chi connectivity index (χ0n) is 8.03. The summed E-state index contributed by atoms with van der Waals surface area (Å²) in [5, 5.41) is 0. The zero-order valence-corrected chi connectivity index (χ0v) is 10.5. The van der Waals surface area contributed by atoms with Crippen molar-refractivity contribution in [3.8, 4) is 0 Å². The molecule has 0 saturated carbocycles. The third-order valence-corrected chi connectivity index (χ3v) is 1.78. The topological polar surface area (TPSA) is 0 Å². The summed E-state index contributed by atoms with van der Waals surface area (Å²) < 4.78 is 0. The van der Waals surface area contributed by atoms with E-state index in [9.17, 15) is 0 Å². The molecule has 0 aromatic heterocycles. The molecule has 0 atom stereocenters. The van der Waals surface area contributed by atoms with Gasteiger partial charge in [-0.1, -0.05) is 31.4 Å². The summed E-state index contributed by atoms with van der Waals surface area (Å²) in [6.07, 6.45) is 17.6. The summed E-state index contributed by atoms with van der Waals surface area (Å²) in [7, 11) is 0. The van der Waals surface area contributed by atoms with Gasteiger partial charge in [0, 0.05) is 26.2 Å². The van der Waals surface area contributed by atoms with Crippen LogP contribution < -0.4 is 0 Å². The summed E-state index contributed by atoms with van der Waals surface area (Å²) in [4.78, 5) is 0. The third-order valence-electron chi connectivity index (χ3n) is 1.78. The smallest absolute Gasteiger partial charge is 0.167 e. The first-order valence-corrected chi connectivity index (χ1v) is 4.44. The van der Waals surface area contributed by atoms with Gasteiger partial charge in [0.25, 0.3) is 0 Å². The molecule has 0 N–H and O–H groups in total. The van der Waals surface area contributed by atoms with Crippen molar-refractivity contribution >= 4 is 6.71 Å². The summed E-state index contributed by atoms with van der Waals surface area (Å²) in [5.74, 6) is 2.22. The predicted octanol–water partition coefficient (Wildman–Crippen LogP) is 3.08. The van der Waals surface area contributed by atoms with Crippen molar-refractivity contribution in [3.63, 3.8) is 0 Å². The predicted molar refractivity (Wildman–Crippen MR) is 56.3 cm³/mol. The molecule has 0 aromatic carbocycles. The van der Waals surface area contributed by atoms with Crippen LogP contribution in [-0.2, 0) is 26.2 Å². The number of hydrogen-bond donors (Lipinski definition) is 0. The van der Waals surface area contributed by atoms with Gasteiger partial charge < -0.3 is 0 Å². The Morgan fingerprint density at radius 2 is 2.00 bits per heavy atom. The van der Waals surface area contributed by atoms with E-state index < -0.39 is 0 Å². The van der Waals surface area contributed by atoms with Gasteiger partial charge in [0.05, 0.1) is 0 Å². The maximum atomic E-state index is 2.99. The Kier molecular flexibility index (Phi) is 8.44. The van der Waals surface area contributed by atoms with Crippen LogP contribution in [0.15, 0.2) is 42.4 Å². The maximum Gasteiger partial charge on any atom is 0.167 e. The van der Waals surface area contributed by atoms with Crippen LogP contribution in [0.3, 0.4) is 0 Å². The minimum Gasteiger partial charge on any atom is -0.273 e. The molecule has 0 saturated heterocycles. The molecule has 2 aliphatic rings. The molecule has 1 aliphatic carbocycles. The molecular formula is C11H14BZr-. The second-order valence-electron chi connectivity index (χ2n) is 3.03. The summed E-state index contributed by atoms with van der Waals surface area (Å²) in [6.45, 7) is 2.99. The Morgan fingerprint density at radius 3 is 2.23 bits per heavy atom. The van der Waals surface area contributed by atoms with Gasteiger partial charge in [-0.2, -0.15) is 6.08 Å². The molecule has 0 aromatic rings. The molecule has 0 radical (unpaired) electrons. The van der Waals surface area contributed by atoms with E-state index in [2.05, 4.69) is 43.2 Å². The Hall–Kier alpha value is -0.0919. The summed E-state index contributed by atoms with van der Waals surface area (Å²) in [6, 6.07) is 0. The van der Waals surface area contributed by atoms with Gasteiger partial charge in [0.15, 0.2) is 6.71 Å². The minimum atomic E-state index is 0. The van der Waals surface area contributed by atoms with E-state index >= 15 is 0 Å². The van der Waals surface area contributed by atoms with Crippen molar-refractivity contribution in [3.05, 3.63) is 48.5 Å². The normalized spacial score (nSPS) is 16.5. The number of hydrogen-bond acceptors (Lipinski definition) is 0. The SMILES string of the molecule is CB1C=CC=CC1.[C-]1=CC=CC1.[Zr]. The van der Waals surface area contributed by atoms with Crippen LogP contribution in [0, 0.1) is 6.08 Å². The van der Waals surface area contributed by atoms with E-state index in [-0.39, 0.29) is 26.2 Å². The Bertz CT molecular complexity index is 216. The van der Waals surface area contributed by atoms with Crippen LogP contribution in [0.2, 0.25) is 13.1 Å². The fourth-order valence-electron chi connectivity index (χ4n) is 1.04. The average Bonchev–Trinajstić information content (AvgIpc) is 2.62. The van der Waals surface area contributed by atoms with Crippen molar-refractivity contribution in [2.75, 3.05) is 0 Å². The van der Waals surface area contributed by atoms with Gasteiger partial charge in [0.2, 0.25) is 0 Å². The first kappa shape index (κ1) is 12.9. The van der Waals surface area contributed by atoms with E-state index in [0.29, 0.717) is 0 Å². The fraction of sp³-hybridized carbons (Fsp3) is 0.273. The van der Waals surface area contributed by atoms with Gasteiger partial charge in [-0.3, -0.25) is 6.08 Å². The van der Waals surface area contributed by atoms with E-state index in [1.165, 1.54) is 6.32 Å². The van der Waals surface area contributed by atoms with Crippen LogP contribution in [-0.4, -0.2) is 6.71 Å². The van der Waals surface area contributed by atoms with E-state index in [0.717, 1.165) is 13.1 Å². The van der Waals surface area contributed by atoms with Crippen molar-refractivity contribution in [2.45, 2.75) is 19.6 Å². The molecule has 2 heteroatoms. The molecule has 2 rings (SSSR count). The van der Waals surface area contributed by atoms with E-state index in [1.54, 1.807) is 0 Å². The molecule has 0 unspecified atom stereocenters. The molecular weight excluding hydrogens is 234 g/mol. The Balaban J connectivity index is 0.000000215. The molecule has 0 amide bonds. The molecule has 13 heavy (non-hydrogen) atoms.